The Morgan fingerprint density at radius 1 is 1.14 bits per heavy atom. The topological polar surface area (TPSA) is 100 Å². The number of hydrogen-bond acceptors (Lipinski definition) is 5. The predicted molar refractivity (Wildman–Crippen MR) is 104 cm³/mol. The molecule has 9 heteroatoms. The minimum Gasteiger partial charge on any atom is -0.426 e. The van der Waals surface area contributed by atoms with E-state index in [0.29, 0.717) is 32.7 Å². The van der Waals surface area contributed by atoms with Crippen LogP contribution in [0.25, 0.3) is 22.6 Å². The summed E-state index contributed by atoms with van der Waals surface area (Å²) >= 11 is 0. The minimum atomic E-state index is -0.415. The summed E-state index contributed by atoms with van der Waals surface area (Å²) in [4.78, 5) is 32.0. The van der Waals surface area contributed by atoms with Crippen LogP contribution in [0.1, 0.15) is 10.4 Å². The lowest BCUT2D eigenvalue weighted by molar-refractivity contribution is -0.428. The van der Waals surface area contributed by atoms with Crippen LogP contribution in [0, 0.1) is 10.7 Å². The van der Waals surface area contributed by atoms with Crippen molar-refractivity contribution in [1.82, 2.24) is 14.7 Å². The zero-order valence-corrected chi connectivity index (χ0v) is 15.2. The van der Waals surface area contributed by atoms with Gasteiger partial charge in [-0.25, -0.2) is 14.4 Å². The van der Waals surface area contributed by atoms with Gasteiger partial charge in [0.15, 0.2) is 18.5 Å². The molecular weight excluding hydrogens is 377 g/mol. The molecule has 4 rings (SSSR count). The smallest absolute Gasteiger partial charge is 0.276 e. The Kier molecular flexibility index (Phi) is 4.47. The average molecular weight is 392 g/mol. The maximum absolute atomic E-state index is 13.0. The number of halogens is 1. The summed E-state index contributed by atoms with van der Waals surface area (Å²) in [6.45, 7) is 0. The van der Waals surface area contributed by atoms with E-state index in [1.54, 1.807) is 24.3 Å². The molecule has 0 fully saturated rings. The molecule has 8 nitrogen and oxygen atoms in total. The van der Waals surface area contributed by atoms with Gasteiger partial charge < -0.3 is 10.5 Å². The molecule has 0 radical (unpaired) electrons. The standard InChI is InChI=1S/C20H14FN5O3/c1-25(28)16-10-17-18(22-11-16)24-19(26(17)29)12-4-8-15(9-5-12)23-20(27)13-2-6-14(21)7-3-13/h2-11H,1H3,(H-,22,23,24,27,28,29)/p+1. The van der Waals surface area contributed by atoms with Gasteiger partial charge in [0.1, 0.15) is 17.5 Å². The van der Waals surface area contributed by atoms with E-state index >= 15 is 0 Å². The molecule has 2 heterocycles. The van der Waals surface area contributed by atoms with E-state index in [9.17, 15) is 19.3 Å². The molecule has 0 aliphatic rings. The third-order valence-corrected chi connectivity index (χ3v) is 4.34. The first-order chi connectivity index (χ1) is 13.9. The van der Waals surface area contributed by atoms with E-state index < -0.39 is 5.82 Å². The summed E-state index contributed by atoms with van der Waals surface area (Å²) in [5, 5.41) is 13.1. The second-order valence-corrected chi connectivity index (χ2v) is 6.32. The fourth-order valence-corrected chi connectivity index (χ4v) is 2.81. The number of carbonyl (C=O) groups is 1. The van der Waals surface area contributed by atoms with Crippen LogP contribution in [0.5, 0.6) is 0 Å². The number of aromatic nitrogens is 3. The molecule has 29 heavy (non-hydrogen) atoms. The Labute approximate surface area is 163 Å². The van der Waals surface area contributed by atoms with Crippen molar-refractivity contribution in [2.75, 3.05) is 12.4 Å². The number of anilines is 1. The fraction of sp³-hybridized carbons (Fsp3) is 0.0500. The minimum absolute atomic E-state index is 0.245. The number of hydrogen-bond donors (Lipinski definition) is 2. The lowest BCUT2D eigenvalue weighted by Gasteiger charge is -2.06. The highest BCUT2D eigenvalue weighted by Crippen LogP contribution is 2.26. The van der Waals surface area contributed by atoms with Gasteiger partial charge in [-0.1, -0.05) is 0 Å². The van der Waals surface area contributed by atoms with Gasteiger partial charge in [-0.3, -0.25) is 4.79 Å². The third-order valence-electron chi connectivity index (χ3n) is 4.34. The molecule has 0 atom stereocenters. The van der Waals surface area contributed by atoms with Crippen LogP contribution in [0.3, 0.4) is 0 Å². The molecule has 0 saturated heterocycles. The third kappa shape index (κ3) is 3.53. The second kappa shape index (κ2) is 7.12. The first-order valence-electron chi connectivity index (χ1n) is 8.58. The van der Waals surface area contributed by atoms with Gasteiger partial charge in [0.25, 0.3) is 11.6 Å². The van der Waals surface area contributed by atoms with E-state index in [-0.39, 0.29) is 17.4 Å². The van der Waals surface area contributed by atoms with Crippen molar-refractivity contribution < 1.29 is 19.2 Å². The zero-order valence-electron chi connectivity index (χ0n) is 15.2. The molecule has 0 unspecified atom stereocenters. The van der Waals surface area contributed by atoms with Crippen LogP contribution in [-0.4, -0.2) is 37.6 Å². The summed E-state index contributed by atoms with van der Waals surface area (Å²) in [6.07, 6.45) is 1.38. The van der Waals surface area contributed by atoms with Gasteiger partial charge in [-0.15, -0.1) is 0 Å². The first-order valence-corrected chi connectivity index (χ1v) is 8.58. The van der Waals surface area contributed by atoms with Crippen LogP contribution in [-0.2, 0) is 0 Å². The number of nitroso groups, excluding NO2 is 1. The van der Waals surface area contributed by atoms with Gasteiger partial charge in [0.05, 0.1) is 0 Å². The van der Waals surface area contributed by atoms with E-state index in [2.05, 4.69) is 15.3 Å². The molecule has 2 aromatic carbocycles. The summed E-state index contributed by atoms with van der Waals surface area (Å²) in [7, 11) is 1.33. The van der Waals surface area contributed by atoms with Crippen LogP contribution in [0.2, 0.25) is 0 Å². The molecular formula is C20H15FN5O3+. The predicted octanol–water partition coefficient (Wildman–Crippen LogP) is 3.77. The molecule has 0 spiro atoms. The molecule has 2 aromatic heterocycles. The number of rotatable bonds is 4. The Balaban J connectivity index is 1.59. The molecule has 0 bridgehead atoms. The lowest BCUT2D eigenvalue weighted by atomic mass is 10.1. The highest BCUT2D eigenvalue weighted by atomic mass is 19.1. The van der Waals surface area contributed by atoms with E-state index in [4.69, 9.17) is 0 Å². The van der Waals surface area contributed by atoms with Crippen molar-refractivity contribution in [3.8, 4) is 11.4 Å². The van der Waals surface area contributed by atoms with E-state index in [1.165, 1.54) is 43.6 Å². The molecule has 1 amide bonds. The Morgan fingerprint density at radius 3 is 2.48 bits per heavy atom. The number of benzene rings is 2. The number of nitrogens with one attached hydrogen (secondary N) is 1. The highest BCUT2D eigenvalue weighted by Gasteiger charge is 2.17. The number of nitrogens with zero attached hydrogens (tertiary/aromatic N) is 4. The van der Waals surface area contributed by atoms with Gasteiger partial charge >= 0.3 is 0 Å². The lowest BCUT2D eigenvalue weighted by Crippen LogP contribution is -2.11. The second-order valence-electron chi connectivity index (χ2n) is 6.32. The molecule has 0 saturated carbocycles. The number of amides is 1. The maximum Gasteiger partial charge on any atom is 0.276 e. The van der Waals surface area contributed by atoms with Crippen molar-refractivity contribution >= 4 is 28.4 Å². The molecule has 0 aliphatic carbocycles. The molecule has 2 N–H and O–H groups in total. The number of pyridine rings is 1. The monoisotopic (exact) mass is 392 g/mol. The largest absolute Gasteiger partial charge is 0.426 e. The average Bonchev–Trinajstić information content (AvgIpc) is 3.05. The zero-order chi connectivity index (χ0) is 20.5. The fourth-order valence-electron chi connectivity index (χ4n) is 2.81. The van der Waals surface area contributed by atoms with Crippen molar-refractivity contribution in [1.29, 1.82) is 0 Å². The van der Waals surface area contributed by atoms with Crippen LogP contribution < -0.4 is 5.32 Å². The Hall–Kier alpha value is -4.14. The normalized spacial score (nSPS) is 10.8. The van der Waals surface area contributed by atoms with Gasteiger partial charge in [-0.2, -0.15) is 4.73 Å². The summed E-state index contributed by atoms with van der Waals surface area (Å²) in [5.41, 5.74) is 2.33. The number of carbonyl (C=O) groups excluding carboxylic acids is 1. The van der Waals surface area contributed by atoms with Crippen molar-refractivity contribution in [3.63, 3.8) is 0 Å². The van der Waals surface area contributed by atoms with Crippen LogP contribution in [0.4, 0.5) is 15.8 Å². The van der Waals surface area contributed by atoms with E-state index in [1.807, 2.05) is 0 Å². The summed E-state index contributed by atoms with van der Waals surface area (Å²) < 4.78 is 14.5. The van der Waals surface area contributed by atoms with Crippen molar-refractivity contribution in [2.45, 2.75) is 0 Å². The highest BCUT2D eigenvalue weighted by molar-refractivity contribution is 6.04. The molecule has 0 aliphatic heterocycles. The van der Waals surface area contributed by atoms with Crippen molar-refractivity contribution in [3.05, 3.63) is 77.1 Å². The quantitative estimate of drug-likeness (QED) is 0.407. The summed E-state index contributed by atoms with van der Waals surface area (Å²) in [6, 6.07) is 13.4. The Bertz CT molecular complexity index is 1230. The SMILES string of the molecule is C[N+](=O)c1cnc2nc(-c3ccc(NC(=O)c4ccc(F)cc4)cc3)n(O)c2c1. The molecule has 144 valence electrons. The summed E-state index contributed by atoms with van der Waals surface area (Å²) in [5.74, 6) is -0.540. The Morgan fingerprint density at radius 2 is 1.83 bits per heavy atom. The maximum atomic E-state index is 13.0. The van der Waals surface area contributed by atoms with Gasteiger partial charge in [0.2, 0.25) is 0 Å². The van der Waals surface area contributed by atoms with Gasteiger partial charge in [0, 0.05) is 32.5 Å². The number of fused-ring (bicyclic) bond motifs is 1. The van der Waals surface area contributed by atoms with Gasteiger partial charge in [-0.05, 0) is 48.5 Å². The first kappa shape index (κ1) is 18.2. The van der Waals surface area contributed by atoms with E-state index in [0.717, 1.165) is 4.73 Å². The number of imidazole rings is 1. The van der Waals surface area contributed by atoms with Crippen LogP contribution in [0.15, 0.2) is 60.8 Å². The van der Waals surface area contributed by atoms with Crippen molar-refractivity contribution in [2.24, 2.45) is 0 Å². The van der Waals surface area contributed by atoms with Crippen LogP contribution >= 0.6 is 0 Å². The molecule has 4 aromatic rings.